The van der Waals surface area contributed by atoms with Crippen molar-refractivity contribution < 1.29 is 14.3 Å². The van der Waals surface area contributed by atoms with Crippen molar-refractivity contribution in [2.45, 2.75) is 56.5 Å². The van der Waals surface area contributed by atoms with Crippen molar-refractivity contribution in [2.75, 3.05) is 12.9 Å². The van der Waals surface area contributed by atoms with E-state index in [0.29, 0.717) is 24.5 Å². The molecule has 1 saturated carbocycles. The standard InChI is InChI=1S/C31H35BrN2O3S/c1-37-28-17-13-25(14-18-28)21-38-22-30(35)34(20-24-11-15-26(32)16-12-24)29(19-23-7-3-2-4-8-23)31(36)33-27-9-5-6-10-27/h2-4,7-8,11-18,27,29H,5-6,9-10,19-22H2,1H3,(H,33,36)/t29-/m1/s1. The second-order valence-electron chi connectivity index (χ2n) is 9.68. The Morgan fingerprint density at radius 1 is 0.947 bits per heavy atom. The smallest absolute Gasteiger partial charge is 0.243 e. The number of thioether (sulfide) groups is 1. The maximum absolute atomic E-state index is 13.8. The number of carbonyl (C=O) groups is 2. The first kappa shape index (κ1) is 28.2. The molecule has 200 valence electrons. The summed E-state index contributed by atoms with van der Waals surface area (Å²) in [6.07, 6.45) is 4.75. The number of ether oxygens (including phenoxy) is 1. The number of hydrogen-bond donors (Lipinski definition) is 1. The van der Waals surface area contributed by atoms with Gasteiger partial charge in [0.2, 0.25) is 11.8 Å². The van der Waals surface area contributed by atoms with Gasteiger partial charge in [-0.1, -0.05) is 83.4 Å². The minimum absolute atomic E-state index is 0.0334. The Hall–Kier alpha value is -2.77. The lowest BCUT2D eigenvalue weighted by molar-refractivity contribution is -0.139. The zero-order valence-corrected chi connectivity index (χ0v) is 24.2. The molecule has 5 nitrogen and oxygen atoms in total. The summed E-state index contributed by atoms with van der Waals surface area (Å²) >= 11 is 5.06. The molecule has 3 aromatic carbocycles. The molecule has 0 unspecified atom stereocenters. The van der Waals surface area contributed by atoms with Crippen LogP contribution in [0.1, 0.15) is 42.4 Å². The SMILES string of the molecule is COc1ccc(CSCC(=O)N(Cc2ccc(Br)cc2)[C@H](Cc2ccccc2)C(=O)NC2CCCC2)cc1. The number of nitrogens with zero attached hydrogens (tertiary/aromatic N) is 1. The van der Waals surface area contributed by atoms with Crippen LogP contribution in [-0.4, -0.2) is 41.7 Å². The molecule has 1 aliphatic carbocycles. The van der Waals surface area contributed by atoms with E-state index in [1.165, 1.54) is 0 Å². The highest BCUT2D eigenvalue weighted by Gasteiger charge is 2.32. The molecule has 3 aromatic rings. The van der Waals surface area contributed by atoms with Gasteiger partial charge in [-0.2, -0.15) is 0 Å². The van der Waals surface area contributed by atoms with Crippen LogP contribution < -0.4 is 10.1 Å². The quantitative estimate of drug-likeness (QED) is 0.264. The average Bonchev–Trinajstić information content (AvgIpc) is 3.45. The van der Waals surface area contributed by atoms with Gasteiger partial charge in [-0.05, 0) is 53.8 Å². The predicted molar refractivity (Wildman–Crippen MR) is 158 cm³/mol. The van der Waals surface area contributed by atoms with Crippen LogP contribution >= 0.6 is 27.7 Å². The molecule has 1 atom stereocenters. The lowest BCUT2D eigenvalue weighted by Crippen LogP contribution is -2.52. The molecule has 0 radical (unpaired) electrons. The first-order valence-corrected chi connectivity index (χ1v) is 15.1. The predicted octanol–water partition coefficient (Wildman–Crippen LogP) is 6.39. The van der Waals surface area contributed by atoms with Gasteiger partial charge >= 0.3 is 0 Å². The maximum Gasteiger partial charge on any atom is 0.243 e. The highest BCUT2D eigenvalue weighted by molar-refractivity contribution is 9.10. The van der Waals surface area contributed by atoms with Crippen molar-refractivity contribution in [3.8, 4) is 5.75 Å². The first-order valence-electron chi connectivity index (χ1n) is 13.1. The fourth-order valence-electron chi connectivity index (χ4n) is 4.77. The molecule has 1 N–H and O–H groups in total. The number of halogens is 1. The molecule has 1 aliphatic rings. The summed E-state index contributed by atoms with van der Waals surface area (Å²) in [5, 5.41) is 3.26. The number of amides is 2. The van der Waals surface area contributed by atoms with Crippen LogP contribution in [0, 0.1) is 0 Å². The molecule has 1 fully saturated rings. The molecule has 0 aromatic heterocycles. The third kappa shape index (κ3) is 8.37. The lowest BCUT2D eigenvalue weighted by atomic mass is 10.0. The molecule has 0 heterocycles. The van der Waals surface area contributed by atoms with E-state index in [-0.39, 0.29) is 17.9 Å². The number of rotatable bonds is 12. The van der Waals surface area contributed by atoms with Gasteiger partial charge in [0.15, 0.2) is 0 Å². The van der Waals surface area contributed by atoms with Crippen LogP contribution in [0.2, 0.25) is 0 Å². The van der Waals surface area contributed by atoms with E-state index in [1.807, 2.05) is 78.9 Å². The molecule has 0 aliphatic heterocycles. The molecule has 7 heteroatoms. The van der Waals surface area contributed by atoms with Crippen molar-refractivity contribution in [1.29, 1.82) is 0 Å². The number of nitrogens with one attached hydrogen (secondary N) is 1. The molecule has 0 bridgehead atoms. The number of benzene rings is 3. The Kier molecular flexibility index (Phi) is 10.7. The summed E-state index contributed by atoms with van der Waals surface area (Å²) in [6.45, 7) is 0.380. The summed E-state index contributed by atoms with van der Waals surface area (Å²) in [5.41, 5.74) is 3.16. The van der Waals surface area contributed by atoms with Crippen LogP contribution in [0.25, 0.3) is 0 Å². The van der Waals surface area contributed by atoms with Crippen molar-refractivity contribution in [2.24, 2.45) is 0 Å². The van der Waals surface area contributed by atoms with Gasteiger partial charge in [-0.25, -0.2) is 0 Å². The fraction of sp³-hybridized carbons (Fsp3) is 0.355. The van der Waals surface area contributed by atoms with Gasteiger partial charge in [0, 0.05) is 29.2 Å². The number of hydrogen-bond acceptors (Lipinski definition) is 4. The normalized spacial score (nSPS) is 14.2. The average molecular weight is 596 g/mol. The van der Waals surface area contributed by atoms with Gasteiger partial charge in [0.1, 0.15) is 11.8 Å². The Labute approximate surface area is 238 Å². The summed E-state index contributed by atoms with van der Waals surface area (Å²) in [4.78, 5) is 29.3. The Bertz CT molecular complexity index is 1170. The largest absolute Gasteiger partial charge is 0.497 e. The van der Waals surface area contributed by atoms with Crippen molar-refractivity contribution in [1.82, 2.24) is 10.2 Å². The van der Waals surface area contributed by atoms with Crippen LogP contribution in [-0.2, 0) is 28.3 Å². The summed E-state index contributed by atoms with van der Waals surface area (Å²) in [7, 11) is 1.65. The monoisotopic (exact) mass is 594 g/mol. The molecule has 0 spiro atoms. The van der Waals surface area contributed by atoms with E-state index in [2.05, 4.69) is 21.2 Å². The third-order valence-electron chi connectivity index (χ3n) is 6.89. The topological polar surface area (TPSA) is 58.6 Å². The Balaban J connectivity index is 1.54. The fourth-order valence-corrected chi connectivity index (χ4v) is 5.90. The highest BCUT2D eigenvalue weighted by Crippen LogP contribution is 2.22. The van der Waals surface area contributed by atoms with E-state index in [9.17, 15) is 9.59 Å². The Morgan fingerprint density at radius 3 is 2.26 bits per heavy atom. The summed E-state index contributed by atoms with van der Waals surface area (Å²) < 4.78 is 6.22. The second-order valence-corrected chi connectivity index (χ2v) is 11.6. The Morgan fingerprint density at radius 2 is 1.61 bits per heavy atom. The molecule has 38 heavy (non-hydrogen) atoms. The van der Waals surface area contributed by atoms with Gasteiger partial charge in [-0.15, -0.1) is 11.8 Å². The van der Waals surface area contributed by atoms with Gasteiger partial charge in [0.25, 0.3) is 0 Å². The van der Waals surface area contributed by atoms with E-state index in [4.69, 9.17) is 4.74 Å². The number of methoxy groups -OCH3 is 1. The van der Waals surface area contributed by atoms with Crippen LogP contribution in [0.3, 0.4) is 0 Å². The van der Waals surface area contributed by atoms with Gasteiger partial charge in [-0.3, -0.25) is 9.59 Å². The van der Waals surface area contributed by atoms with Crippen molar-refractivity contribution in [3.05, 3.63) is 100 Å². The zero-order valence-electron chi connectivity index (χ0n) is 21.8. The van der Waals surface area contributed by atoms with Crippen LogP contribution in [0.15, 0.2) is 83.3 Å². The van der Waals surface area contributed by atoms with Crippen LogP contribution in [0.4, 0.5) is 0 Å². The second kappa shape index (κ2) is 14.4. The van der Waals surface area contributed by atoms with Crippen LogP contribution in [0.5, 0.6) is 5.75 Å². The third-order valence-corrected chi connectivity index (χ3v) is 8.41. The molecular weight excluding hydrogens is 560 g/mol. The molecule has 4 rings (SSSR count). The zero-order chi connectivity index (χ0) is 26.7. The van der Waals surface area contributed by atoms with E-state index in [1.54, 1.807) is 23.8 Å². The van der Waals surface area contributed by atoms with E-state index >= 15 is 0 Å². The molecule has 2 amide bonds. The minimum Gasteiger partial charge on any atom is -0.497 e. The molecular formula is C31H35BrN2O3S. The lowest BCUT2D eigenvalue weighted by Gasteiger charge is -2.32. The number of carbonyl (C=O) groups excluding carboxylic acids is 2. The van der Waals surface area contributed by atoms with E-state index < -0.39 is 6.04 Å². The maximum atomic E-state index is 13.8. The summed E-state index contributed by atoms with van der Waals surface area (Å²) in [5.74, 6) is 1.72. The minimum atomic E-state index is -0.587. The first-order chi connectivity index (χ1) is 18.5. The van der Waals surface area contributed by atoms with E-state index in [0.717, 1.165) is 52.6 Å². The van der Waals surface area contributed by atoms with Gasteiger partial charge < -0.3 is 15.0 Å². The van der Waals surface area contributed by atoms with Crippen molar-refractivity contribution in [3.63, 3.8) is 0 Å². The van der Waals surface area contributed by atoms with Crippen molar-refractivity contribution >= 4 is 39.5 Å². The summed E-state index contributed by atoms with van der Waals surface area (Å²) in [6, 6.07) is 25.4. The highest BCUT2D eigenvalue weighted by atomic mass is 79.9. The van der Waals surface area contributed by atoms with Gasteiger partial charge in [0.05, 0.1) is 12.9 Å². The molecule has 0 saturated heterocycles.